The summed E-state index contributed by atoms with van der Waals surface area (Å²) in [6, 6.07) is 7.73. The van der Waals surface area contributed by atoms with E-state index in [1.807, 2.05) is 18.2 Å². The molecule has 1 heterocycles. The number of benzene rings is 1. The molecule has 2 aromatic rings. The molecule has 0 atom stereocenters. The highest BCUT2D eigenvalue weighted by Crippen LogP contribution is 2.21. The smallest absolute Gasteiger partial charge is 0.343 e. The van der Waals surface area contributed by atoms with Gasteiger partial charge in [0.1, 0.15) is 5.58 Å². The molecule has 2 rings (SSSR count). The summed E-state index contributed by atoms with van der Waals surface area (Å²) >= 11 is 0. The Kier molecular flexibility index (Phi) is 3.51. The molecular formula is C15H17NO2. The minimum Gasteiger partial charge on any atom is -0.422 e. The van der Waals surface area contributed by atoms with Gasteiger partial charge in [0.2, 0.25) is 0 Å². The Hall–Kier alpha value is -2.03. The van der Waals surface area contributed by atoms with Crippen molar-refractivity contribution >= 4 is 22.7 Å². The molecule has 0 aliphatic rings. The standard InChI is InChI=1S/C15H17NO2/c1-4-11-9-12-7-8-13(16(5-2)6-3)10-14(12)18-15(11)17/h4,7-10H,1,5-6H2,2-3H3. The van der Waals surface area contributed by atoms with E-state index in [-0.39, 0.29) is 5.63 Å². The maximum atomic E-state index is 11.6. The second kappa shape index (κ2) is 5.08. The highest BCUT2D eigenvalue weighted by molar-refractivity contribution is 5.82. The first kappa shape index (κ1) is 12.4. The summed E-state index contributed by atoms with van der Waals surface area (Å²) in [5, 5.41) is 0.917. The number of fused-ring (bicyclic) bond motifs is 1. The van der Waals surface area contributed by atoms with Crippen molar-refractivity contribution in [1.29, 1.82) is 0 Å². The lowest BCUT2D eigenvalue weighted by Gasteiger charge is -2.20. The molecule has 1 aromatic heterocycles. The molecule has 0 aliphatic carbocycles. The molecular weight excluding hydrogens is 226 g/mol. The molecule has 0 radical (unpaired) electrons. The SMILES string of the molecule is C=Cc1cc2ccc(N(CC)CC)cc2oc1=O. The van der Waals surface area contributed by atoms with E-state index in [1.165, 1.54) is 6.08 Å². The van der Waals surface area contributed by atoms with Gasteiger partial charge in [0.05, 0.1) is 5.56 Å². The second-order valence-corrected chi connectivity index (χ2v) is 4.09. The lowest BCUT2D eigenvalue weighted by atomic mass is 10.1. The Labute approximate surface area is 106 Å². The fraction of sp³-hybridized carbons (Fsp3) is 0.267. The Morgan fingerprint density at radius 3 is 2.61 bits per heavy atom. The van der Waals surface area contributed by atoms with Gasteiger partial charge in [-0.15, -0.1) is 0 Å². The van der Waals surface area contributed by atoms with Gasteiger partial charge in [-0.1, -0.05) is 12.7 Å². The summed E-state index contributed by atoms with van der Waals surface area (Å²) in [4.78, 5) is 13.8. The van der Waals surface area contributed by atoms with E-state index in [4.69, 9.17) is 4.42 Å². The maximum Gasteiger partial charge on any atom is 0.343 e. The fourth-order valence-electron chi connectivity index (χ4n) is 2.04. The van der Waals surface area contributed by atoms with Crippen LogP contribution in [0.2, 0.25) is 0 Å². The number of hydrogen-bond acceptors (Lipinski definition) is 3. The topological polar surface area (TPSA) is 33.5 Å². The van der Waals surface area contributed by atoms with Crippen LogP contribution in [0, 0.1) is 0 Å². The van der Waals surface area contributed by atoms with Crippen molar-refractivity contribution in [2.75, 3.05) is 18.0 Å². The molecule has 0 saturated heterocycles. The van der Waals surface area contributed by atoms with Crippen molar-refractivity contribution in [3.05, 3.63) is 46.8 Å². The minimum absolute atomic E-state index is 0.339. The maximum absolute atomic E-state index is 11.6. The van der Waals surface area contributed by atoms with Gasteiger partial charge in [0.25, 0.3) is 0 Å². The van der Waals surface area contributed by atoms with Crippen LogP contribution < -0.4 is 10.5 Å². The van der Waals surface area contributed by atoms with Gasteiger partial charge >= 0.3 is 5.63 Å². The second-order valence-electron chi connectivity index (χ2n) is 4.09. The van der Waals surface area contributed by atoms with Crippen LogP contribution in [0.5, 0.6) is 0 Å². The molecule has 0 amide bonds. The molecule has 94 valence electrons. The first-order valence-electron chi connectivity index (χ1n) is 6.14. The van der Waals surface area contributed by atoms with Gasteiger partial charge in [-0.25, -0.2) is 4.79 Å². The van der Waals surface area contributed by atoms with Crippen molar-refractivity contribution in [2.45, 2.75) is 13.8 Å². The zero-order valence-electron chi connectivity index (χ0n) is 10.8. The number of nitrogens with zero attached hydrogens (tertiary/aromatic N) is 1. The van der Waals surface area contributed by atoms with Gasteiger partial charge in [0.15, 0.2) is 0 Å². The quantitative estimate of drug-likeness (QED) is 0.773. The van der Waals surface area contributed by atoms with Crippen molar-refractivity contribution in [1.82, 2.24) is 0 Å². The van der Waals surface area contributed by atoms with Crippen LogP contribution in [0.1, 0.15) is 19.4 Å². The van der Waals surface area contributed by atoms with Crippen molar-refractivity contribution in [3.8, 4) is 0 Å². The lowest BCUT2D eigenvalue weighted by molar-refractivity contribution is 0.559. The first-order valence-corrected chi connectivity index (χ1v) is 6.14. The molecule has 3 heteroatoms. The largest absolute Gasteiger partial charge is 0.422 e. The molecule has 3 nitrogen and oxygen atoms in total. The third-order valence-electron chi connectivity index (χ3n) is 3.10. The number of anilines is 1. The fourth-order valence-corrected chi connectivity index (χ4v) is 2.04. The third kappa shape index (κ3) is 2.16. The number of rotatable bonds is 4. The van der Waals surface area contributed by atoms with Crippen LogP contribution in [-0.2, 0) is 0 Å². The molecule has 1 aromatic carbocycles. The van der Waals surface area contributed by atoms with Crippen LogP contribution in [0.15, 0.2) is 40.1 Å². The summed E-state index contributed by atoms with van der Waals surface area (Å²) in [6.07, 6.45) is 1.52. The van der Waals surface area contributed by atoms with E-state index in [1.54, 1.807) is 6.07 Å². The van der Waals surface area contributed by atoms with Gasteiger partial charge in [-0.05, 0) is 32.0 Å². The number of hydrogen-bond donors (Lipinski definition) is 0. The summed E-state index contributed by atoms with van der Waals surface area (Å²) in [5.41, 5.74) is 1.85. The zero-order chi connectivity index (χ0) is 13.1. The first-order chi connectivity index (χ1) is 8.69. The Morgan fingerprint density at radius 2 is 2.00 bits per heavy atom. The third-order valence-corrected chi connectivity index (χ3v) is 3.10. The minimum atomic E-state index is -0.339. The predicted molar refractivity (Wildman–Crippen MR) is 76.1 cm³/mol. The molecule has 0 fully saturated rings. The molecule has 0 bridgehead atoms. The highest BCUT2D eigenvalue weighted by Gasteiger charge is 2.06. The summed E-state index contributed by atoms with van der Waals surface area (Å²) < 4.78 is 5.31. The van der Waals surface area contributed by atoms with Gasteiger partial charge in [-0.3, -0.25) is 0 Å². The lowest BCUT2D eigenvalue weighted by Crippen LogP contribution is -2.21. The summed E-state index contributed by atoms with van der Waals surface area (Å²) in [6.45, 7) is 9.66. The van der Waals surface area contributed by atoms with Crippen LogP contribution in [0.25, 0.3) is 17.0 Å². The molecule has 0 unspecified atom stereocenters. The monoisotopic (exact) mass is 243 g/mol. The van der Waals surface area contributed by atoms with E-state index in [0.717, 1.165) is 24.2 Å². The Bertz CT molecular complexity index is 624. The van der Waals surface area contributed by atoms with Crippen LogP contribution in [-0.4, -0.2) is 13.1 Å². The normalized spacial score (nSPS) is 10.6. The Balaban J connectivity index is 2.58. The molecule has 0 saturated carbocycles. The van der Waals surface area contributed by atoms with Crippen LogP contribution in [0.3, 0.4) is 0 Å². The van der Waals surface area contributed by atoms with Crippen LogP contribution >= 0.6 is 0 Å². The zero-order valence-corrected chi connectivity index (χ0v) is 10.8. The van der Waals surface area contributed by atoms with Crippen molar-refractivity contribution in [2.24, 2.45) is 0 Å². The molecule has 0 aliphatic heterocycles. The van der Waals surface area contributed by atoms with Gasteiger partial charge in [-0.2, -0.15) is 0 Å². The van der Waals surface area contributed by atoms with Crippen molar-refractivity contribution < 1.29 is 4.42 Å². The van der Waals surface area contributed by atoms with Crippen LogP contribution in [0.4, 0.5) is 5.69 Å². The van der Waals surface area contributed by atoms with Gasteiger partial charge < -0.3 is 9.32 Å². The van der Waals surface area contributed by atoms with Crippen molar-refractivity contribution in [3.63, 3.8) is 0 Å². The molecule has 0 spiro atoms. The van der Waals surface area contributed by atoms with Gasteiger partial charge in [0, 0.05) is 30.2 Å². The van der Waals surface area contributed by atoms with E-state index in [2.05, 4.69) is 25.3 Å². The Morgan fingerprint density at radius 1 is 1.28 bits per heavy atom. The predicted octanol–water partition coefficient (Wildman–Crippen LogP) is 3.28. The van der Waals surface area contributed by atoms with E-state index in [9.17, 15) is 4.79 Å². The van der Waals surface area contributed by atoms with E-state index >= 15 is 0 Å². The summed E-state index contributed by atoms with van der Waals surface area (Å²) in [5.74, 6) is 0. The summed E-state index contributed by atoms with van der Waals surface area (Å²) in [7, 11) is 0. The van der Waals surface area contributed by atoms with E-state index < -0.39 is 0 Å². The average Bonchev–Trinajstić information content (AvgIpc) is 2.39. The van der Waals surface area contributed by atoms with E-state index in [0.29, 0.717) is 11.1 Å². The highest BCUT2D eigenvalue weighted by atomic mass is 16.4. The molecule has 0 N–H and O–H groups in total. The average molecular weight is 243 g/mol. The molecule has 18 heavy (non-hydrogen) atoms.